The SMILES string of the molecule is CCOC(=O)C(Sc1nc2ccc(Cl)cc2cc1OC)c1ccccc1. The highest BCUT2D eigenvalue weighted by atomic mass is 35.5. The van der Waals surface area contributed by atoms with Crippen LogP contribution in [0, 0.1) is 0 Å². The van der Waals surface area contributed by atoms with Crippen LogP contribution in [0.4, 0.5) is 0 Å². The number of esters is 1. The van der Waals surface area contributed by atoms with Gasteiger partial charge in [-0.3, -0.25) is 4.79 Å². The van der Waals surface area contributed by atoms with Crippen molar-refractivity contribution in [1.82, 2.24) is 4.98 Å². The normalized spacial score (nSPS) is 12.0. The third-order valence-electron chi connectivity index (χ3n) is 3.76. The van der Waals surface area contributed by atoms with Crippen LogP contribution in [-0.2, 0) is 9.53 Å². The summed E-state index contributed by atoms with van der Waals surface area (Å²) in [5, 5.41) is 1.62. The number of benzene rings is 2. The van der Waals surface area contributed by atoms with Gasteiger partial charge in [0.05, 0.1) is 19.2 Å². The van der Waals surface area contributed by atoms with Crippen molar-refractivity contribution in [3.8, 4) is 5.75 Å². The van der Waals surface area contributed by atoms with Crippen LogP contribution < -0.4 is 4.74 Å². The molecule has 0 bridgehead atoms. The van der Waals surface area contributed by atoms with Crippen molar-refractivity contribution >= 4 is 40.2 Å². The van der Waals surface area contributed by atoms with E-state index in [0.29, 0.717) is 22.4 Å². The molecule has 1 heterocycles. The van der Waals surface area contributed by atoms with Crippen LogP contribution in [0.5, 0.6) is 5.75 Å². The molecule has 0 saturated carbocycles. The lowest BCUT2D eigenvalue weighted by atomic mass is 10.1. The fraction of sp³-hybridized carbons (Fsp3) is 0.200. The van der Waals surface area contributed by atoms with Crippen molar-refractivity contribution < 1.29 is 14.3 Å². The number of nitrogens with zero attached hydrogens (tertiary/aromatic N) is 1. The highest BCUT2D eigenvalue weighted by Gasteiger charge is 2.25. The van der Waals surface area contributed by atoms with Gasteiger partial charge in [-0.1, -0.05) is 53.7 Å². The van der Waals surface area contributed by atoms with E-state index in [0.717, 1.165) is 16.5 Å². The van der Waals surface area contributed by atoms with E-state index in [4.69, 9.17) is 21.1 Å². The monoisotopic (exact) mass is 387 g/mol. The van der Waals surface area contributed by atoms with Crippen molar-refractivity contribution in [3.63, 3.8) is 0 Å². The van der Waals surface area contributed by atoms with E-state index in [1.54, 1.807) is 20.1 Å². The summed E-state index contributed by atoms with van der Waals surface area (Å²) in [5.41, 5.74) is 1.64. The first-order valence-electron chi connectivity index (χ1n) is 8.15. The standard InChI is InChI=1S/C20H18ClNO3S/c1-3-25-20(23)18(13-7-5-4-6-8-13)26-19-17(24-2)12-14-11-15(21)9-10-16(14)22-19/h4-12,18H,3H2,1-2H3. The smallest absolute Gasteiger partial charge is 0.324 e. The Balaban J connectivity index is 2.02. The topological polar surface area (TPSA) is 48.4 Å². The predicted molar refractivity (Wildman–Crippen MR) is 105 cm³/mol. The maximum atomic E-state index is 12.5. The molecule has 0 aliphatic heterocycles. The van der Waals surface area contributed by atoms with Gasteiger partial charge in [-0.2, -0.15) is 0 Å². The molecule has 134 valence electrons. The molecular formula is C20H18ClNO3S. The van der Waals surface area contributed by atoms with Crippen molar-refractivity contribution in [2.24, 2.45) is 0 Å². The maximum Gasteiger partial charge on any atom is 0.324 e. The van der Waals surface area contributed by atoms with Crippen molar-refractivity contribution in [2.45, 2.75) is 17.2 Å². The Hall–Kier alpha value is -2.24. The Morgan fingerprint density at radius 1 is 1.19 bits per heavy atom. The molecular weight excluding hydrogens is 370 g/mol. The Labute approximate surface area is 161 Å². The molecule has 0 fully saturated rings. The van der Waals surface area contributed by atoms with E-state index in [1.807, 2.05) is 48.5 Å². The Morgan fingerprint density at radius 2 is 1.96 bits per heavy atom. The first-order chi connectivity index (χ1) is 12.6. The molecule has 1 unspecified atom stereocenters. The molecule has 2 aromatic carbocycles. The summed E-state index contributed by atoms with van der Waals surface area (Å²) in [5.74, 6) is 0.291. The summed E-state index contributed by atoms with van der Waals surface area (Å²) >= 11 is 7.38. The Bertz CT molecular complexity index is 918. The van der Waals surface area contributed by atoms with E-state index in [-0.39, 0.29) is 5.97 Å². The molecule has 3 aromatic rings. The molecule has 3 rings (SSSR count). The molecule has 0 saturated heterocycles. The van der Waals surface area contributed by atoms with Gasteiger partial charge >= 0.3 is 5.97 Å². The molecule has 1 atom stereocenters. The van der Waals surface area contributed by atoms with Crippen LogP contribution in [-0.4, -0.2) is 24.7 Å². The lowest BCUT2D eigenvalue weighted by molar-refractivity contribution is -0.142. The summed E-state index contributed by atoms with van der Waals surface area (Å²) in [4.78, 5) is 17.2. The van der Waals surface area contributed by atoms with E-state index in [9.17, 15) is 4.79 Å². The maximum absolute atomic E-state index is 12.5. The minimum absolute atomic E-state index is 0.302. The van der Waals surface area contributed by atoms with Crippen LogP contribution >= 0.6 is 23.4 Å². The van der Waals surface area contributed by atoms with Gasteiger partial charge in [-0.05, 0) is 36.8 Å². The largest absolute Gasteiger partial charge is 0.494 e. The fourth-order valence-corrected chi connectivity index (χ4v) is 3.82. The average molecular weight is 388 g/mol. The van der Waals surface area contributed by atoms with Gasteiger partial charge in [-0.25, -0.2) is 4.98 Å². The van der Waals surface area contributed by atoms with Crippen molar-refractivity contribution in [3.05, 3.63) is 65.2 Å². The molecule has 1 aromatic heterocycles. The molecule has 0 N–H and O–H groups in total. The summed E-state index contributed by atoms with van der Waals surface area (Å²) in [6.07, 6.45) is 0. The summed E-state index contributed by atoms with van der Waals surface area (Å²) < 4.78 is 10.8. The number of carbonyl (C=O) groups is 1. The van der Waals surface area contributed by atoms with Crippen LogP contribution in [0.1, 0.15) is 17.7 Å². The van der Waals surface area contributed by atoms with Gasteiger partial charge in [0.25, 0.3) is 0 Å². The van der Waals surface area contributed by atoms with E-state index < -0.39 is 5.25 Å². The molecule has 6 heteroatoms. The zero-order valence-corrected chi connectivity index (χ0v) is 16.0. The average Bonchev–Trinajstić information content (AvgIpc) is 2.66. The summed E-state index contributed by atoms with van der Waals surface area (Å²) in [6.45, 7) is 2.12. The molecule has 0 amide bonds. The number of fused-ring (bicyclic) bond motifs is 1. The van der Waals surface area contributed by atoms with Gasteiger partial charge in [-0.15, -0.1) is 0 Å². The van der Waals surface area contributed by atoms with Gasteiger partial charge in [0.2, 0.25) is 0 Å². The molecule has 4 nitrogen and oxygen atoms in total. The first kappa shape index (κ1) is 18.5. The van der Waals surface area contributed by atoms with Gasteiger partial charge in [0.15, 0.2) is 5.75 Å². The number of pyridine rings is 1. The number of carbonyl (C=O) groups excluding carboxylic acids is 1. The van der Waals surface area contributed by atoms with Crippen LogP contribution in [0.25, 0.3) is 10.9 Å². The number of halogens is 1. The van der Waals surface area contributed by atoms with Crippen LogP contribution in [0.3, 0.4) is 0 Å². The molecule has 26 heavy (non-hydrogen) atoms. The number of aromatic nitrogens is 1. The first-order valence-corrected chi connectivity index (χ1v) is 9.40. The highest BCUT2D eigenvalue weighted by molar-refractivity contribution is 8.00. The van der Waals surface area contributed by atoms with Gasteiger partial charge < -0.3 is 9.47 Å². The third kappa shape index (κ3) is 4.11. The lowest BCUT2D eigenvalue weighted by Crippen LogP contribution is -2.13. The zero-order chi connectivity index (χ0) is 18.5. The Morgan fingerprint density at radius 3 is 2.65 bits per heavy atom. The van der Waals surface area contributed by atoms with E-state index >= 15 is 0 Å². The van der Waals surface area contributed by atoms with Crippen LogP contribution in [0.15, 0.2) is 59.6 Å². The lowest BCUT2D eigenvalue weighted by Gasteiger charge is -2.17. The highest BCUT2D eigenvalue weighted by Crippen LogP contribution is 2.41. The number of hydrogen-bond donors (Lipinski definition) is 0. The zero-order valence-electron chi connectivity index (χ0n) is 14.4. The van der Waals surface area contributed by atoms with Gasteiger partial charge in [0, 0.05) is 10.4 Å². The van der Waals surface area contributed by atoms with Crippen molar-refractivity contribution in [2.75, 3.05) is 13.7 Å². The fourth-order valence-electron chi connectivity index (χ4n) is 2.55. The van der Waals surface area contributed by atoms with E-state index in [1.165, 1.54) is 11.8 Å². The second kappa shape index (κ2) is 8.43. The summed E-state index contributed by atoms with van der Waals surface area (Å²) in [7, 11) is 1.58. The Kier molecular flexibility index (Phi) is 6.01. The molecule has 0 aliphatic rings. The van der Waals surface area contributed by atoms with Crippen molar-refractivity contribution in [1.29, 1.82) is 0 Å². The molecule has 0 aliphatic carbocycles. The minimum Gasteiger partial charge on any atom is -0.494 e. The van der Waals surface area contributed by atoms with Gasteiger partial charge in [0.1, 0.15) is 10.3 Å². The number of thioether (sulfide) groups is 1. The van der Waals surface area contributed by atoms with E-state index in [2.05, 4.69) is 4.98 Å². The minimum atomic E-state index is -0.526. The number of rotatable bonds is 6. The molecule has 0 spiro atoms. The number of methoxy groups -OCH3 is 1. The quantitative estimate of drug-likeness (QED) is 0.424. The second-order valence-electron chi connectivity index (χ2n) is 5.49. The third-order valence-corrected chi connectivity index (χ3v) is 5.21. The number of ether oxygens (including phenoxy) is 2. The number of hydrogen-bond acceptors (Lipinski definition) is 5. The molecule has 0 radical (unpaired) electrons. The summed E-state index contributed by atoms with van der Waals surface area (Å²) in [6, 6.07) is 16.9. The predicted octanol–water partition coefficient (Wildman–Crippen LogP) is 5.29. The second-order valence-corrected chi connectivity index (χ2v) is 7.02. The van der Waals surface area contributed by atoms with Crippen LogP contribution in [0.2, 0.25) is 5.02 Å².